The molecule has 1 aliphatic heterocycles. The number of rotatable bonds is 5. The van der Waals surface area contributed by atoms with E-state index < -0.39 is 5.60 Å². The van der Waals surface area contributed by atoms with E-state index in [0.717, 1.165) is 38.1 Å². The molecule has 2 N–H and O–H groups in total. The molecular weight excluding hydrogens is 238 g/mol. The van der Waals surface area contributed by atoms with Crippen LogP contribution in [0.3, 0.4) is 0 Å². The van der Waals surface area contributed by atoms with E-state index in [-0.39, 0.29) is 0 Å². The van der Waals surface area contributed by atoms with Gasteiger partial charge in [-0.25, -0.2) is 0 Å². The van der Waals surface area contributed by atoms with Gasteiger partial charge in [0, 0.05) is 6.54 Å². The van der Waals surface area contributed by atoms with Gasteiger partial charge in [0.2, 0.25) is 0 Å². The van der Waals surface area contributed by atoms with E-state index in [1.807, 2.05) is 19.1 Å². The summed E-state index contributed by atoms with van der Waals surface area (Å²) in [5.74, 6) is 1.26. The Morgan fingerprint density at radius 1 is 1.37 bits per heavy atom. The molecule has 0 aliphatic carbocycles. The van der Waals surface area contributed by atoms with E-state index >= 15 is 0 Å². The summed E-state index contributed by atoms with van der Waals surface area (Å²) in [6.45, 7) is 4.01. The van der Waals surface area contributed by atoms with Crippen molar-refractivity contribution >= 4 is 0 Å². The van der Waals surface area contributed by atoms with Gasteiger partial charge in [0.1, 0.15) is 5.75 Å². The van der Waals surface area contributed by atoms with E-state index in [2.05, 4.69) is 17.4 Å². The fourth-order valence-corrected chi connectivity index (χ4v) is 2.78. The summed E-state index contributed by atoms with van der Waals surface area (Å²) in [6.07, 6.45) is 4.02. The number of aliphatic hydroxyl groups is 1. The van der Waals surface area contributed by atoms with Gasteiger partial charge in [-0.2, -0.15) is 0 Å². The first-order valence-corrected chi connectivity index (χ1v) is 7.18. The van der Waals surface area contributed by atoms with Crippen LogP contribution < -0.4 is 10.1 Å². The van der Waals surface area contributed by atoms with Gasteiger partial charge >= 0.3 is 0 Å². The molecule has 2 unspecified atom stereocenters. The van der Waals surface area contributed by atoms with Crippen molar-refractivity contribution in [3.05, 3.63) is 29.8 Å². The molecule has 1 fully saturated rings. The Balaban J connectivity index is 1.88. The topological polar surface area (TPSA) is 41.5 Å². The Morgan fingerprint density at radius 2 is 2.11 bits per heavy atom. The molecule has 3 heteroatoms. The molecule has 0 bridgehead atoms. The fraction of sp³-hybridized carbons (Fsp3) is 0.625. The van der Waals surface area contributed by atoms with Crippen LogP contribution in [0.5, 0.6) is 5.75 Å². The maximum atomic E-state index is 10.6. The highest BCUT2D eigenvalue weighted by molar-refractivity contribution is 5.27. The SMILES string of the molecule is COc1ccc(CCC(C)(O)C2CCCNC2)cc1. The summed E-state index contributed by atoms with van der Waals surface area (Å²) in [7, 11) is 1.68. The third-order valence-corrected chi connectivity index (χ3v) is 4.26. The summed E-state index contributed by atoms with van der Waals surface area (Å²) in [4.78, 5) is 0. The second kappa shape index (κ2) is 6.40. The van der Waals surface area contributed by atoms with E-state index in [9.17, 15) is 5.11 Å². The van der Waals surface area contributed by atoms with Crippen molar-refractivity contribution in [2.45, 2.75) is 38.2 Å². The van der Waals surface area contributed by atoms with Crippen molar-refractivity contribution < 1.29 is 9.84 Å². The average Bonchev–Trinajstić information content (AvgIpc) is 2.47. The number of aryl methyl sites for hydroxylation is 1. The fourth-order valence-electron chi connectivity index (χ4n) is 2.78. The van der Waals surface area contributed by atoms with Crippen LogP contribution in [0.15, 0.2) is 24.3 Å². The highest BCUT2D eigenvalue weighted by Gasteiger charge is 2.32. The van der Waals surface area contributed by atoms with Crippen molar-refractivity contribution in [1.29, 1.82) is 0 Å². The summed E-state index contributed by atoms with van der Waals surface area (Å²) in [5, 5.41) is 14.0. The molecule has 2 rings (SSSR count). The minimum absolute atomic E-state index is 0.375. The maximum absolute atomic E-state index is 10.6. The highest BCUT2D eigenvalue weighted by atomic mass is 16.5. The number of benzene rings is 1. The summed E-state index contributed by atoms with van der Waals surface area (Å²) in [5.41, 5.74) is 0.678. The van der Waals surface area contributed by atoms with E-state index in [0.29, 0.717) is 5.92 Å². The molecule has 0 saturated carbocycles. The van der Waals surface area contributed by atoms with Crippen LogP contribution in [0, 0.1) is 5.92 Å². The molecule has 106 valence electrons. The van der Waals surface area contributed by atoms with Crippen LogP contribution >= 0.6 is 0 Å². The largest absolute Gasteiger partial charge is 0.497 e. The van der Waals surface area contributed by atoms with Gasteiger partial charge in [-0.3, -0.25) is 0 Å². The average molecular weight is 263 g/mol. The monoisotopic (exact) mass is 263 g/mol. The van der Waals surface area contributed by atoms with Gasteiger partial charge in [-0.15, -0.1) is 0 Å². The molecule has 0 spiro atoms. The number of hydrogen-bond acceptors (Lipinski definition) is 3. The van der Waals surface area contributed by atoms with Gasteiger partial charge in [0.15, 0.2) is 0 Å². The first kappa shape index (κ1) is 14.4. The van der Waals surface area contributed by atoms with Crippen LogP contribution in [-0.4, -0.2) is 30.9 Å². The van der Waals surface area contributed by atoms with Crippen LogP contribution in [0.4, 0.5) is 0 Å². The van der Waals surface area contributed by atoms with E-state index in [1.54, 1.807) is 7.11 Å². The zero-order chi connectivity index (χ0) is 13.7. The van der Waals surface area contributed by atoms with Crippen molar-refractivity contribution in [1.82, 2.24) is 5.32 Å². The Morgan fingerprint density at radius 3 is 2.68 bits per heavy atom. The Kier molecular flexibility index (Phi) is 4.83. The molecule has 1 heterocycles. The van der Waals surface area contributed by atoms with Crippen molar-refractivity contribution in [2.75, 3.05) is 20.2 Å². The first-order valence-electron chi connectivity index (χ1n) is 7.18. The minimum Gasteiger partial charge on any atom is -0.497 e. The zero-order valence-electron chi connectivity index (χ0n) is 12.0. The normalized spacial score (nSPS) is 22.8. The standard InChI is InChI=1S/C16H25NO2/c1-16(18,14-4-3-11-17-12-14)10-9-13-5-7-15(19-2)8-6-13/h5-8,14,17-18H,3-4,9-12H2,1-2H3. The molecule has 1 aromatic carbocycles. The van der Waals surface area contributed by atoms with E-state index in [1.165, 1.54) is 12.0 Å². The number of hydrogen-bond donors (Lipinski definition) is 2. The predicted octanol–water partition coefficient (Wildman–Crippen LogP) is 2.38. The van der Waals surface area contributed by atoms with E-state index in [4.69, 9.17) is 4.74 Å². The third kappa shape index (κ3) is 3.95. The second-order valence-corrected chi connectivity index (χ2v) is 5.75. The zero-order valence-corrected chi connectivity index (χ0v) is 12.0. The van der Waals surface area contributed by atoms with Gasteiger partial charge < -0.3 is 15.2 Å². The number of piperidine rings is 1. The van der Waals surface area contributed by atoms with Crippen molar-refractivity contribution in [3.63, 3.8) is 0 Å². The summed E-state index contributed by atoms with van der Waals surface area (Å²) >= 11 is 0. The molecule has 1 aliphatic rings. The smallest absolute Gasteiger partial charge is 0.118 e. The van der Waals surface area contributed by atoms with Gasteiger partial charge in [0.25, 0.3) is 0 Å². The quantitative estimate of drug-likeness (QED) is 0.857. The third-order valence-electron chi connectivity index (χ3n) is 4.26. The molecule has 2 atom stereocenters. The molecule has 19 heavy (non-hydrogen) atoms. The Labute approximate surface area is 116 Å². The lowest BCUT2D eigenvalue weighted by Gasteiger charge is -2.36. The van der Waals surface area contributed by atoms with Crippen LogP contribution in [-0.2, 0) is 6.42 Å². The lowest BCUT2D eigenvalue weighted by molar-refractivity contribution is -0.0176. The molecule has 0 amide bonds. The molecule has 0 aromatic heterocycles. The molecule has 0 radical (unpaired) electrons. The highest BCUT2D eigenvalue weighted by Crippen LogP contribution is 2.28. The molecular formula is C16H25NO2. The van der Waals surface area contributed by atoms with Crippen molar-refractivity contribution in [2.24, 2.45) is 5.92 Å². The van der Waals surface area contributed by atoms with Gasteiger partial charge in [-0.1, -0.05) is 12.1 Å². The van der Waals surface area contributed by atoms with Crippen LogP contribution in [0.2, 0.25) is 0 Å². The summed E-state index contributed by atoms with van der Waals surface area (Å²) in [6, 6.07) is 8.11. The Bertz CT molecular complexity index is 380. The van der Waals surface area contributed by atoms with Gasteiger partial charge in [-0.05, 0) is 62.8 Å². The first-order chi connectivity index (χ1) is 9.12. The minimum atomic E-state index is -0.576. The second-order valence-electron chi connectivity index (χ2n) is 5.75. The Hall–Kier alpha value is -1.06. The van der Waals surface area contributed by atoms with Crippen LogP contribution in [0.1, 0.15) is 31.7 Å². The van der Waals surface area contributed by atoms with Gasteiger partial charge in [0.05, 0.1) is 12.7 Å². The number of ether oxygens (including phenoxy) is 1. The van der Waals surface area contributed by atoms with Crippen LogP contribution in [0.25, 0.3) is 0 Å². The lowest BCUT2D eigenvalue weighted by atomic mass is 9.80. The number of nitrogens with one attached hydrogen (secondary N) is 1. The molecule has 3 nitrogen and oxygen atoms in total. The van der Waals surface area contributed by atoms with Crippen molar-refractivity contribution in [3.8, 4) is 5.75 Å². The maximum Gasteiger partial charge on any atom is 0.118 e. The predicted molar refractivity (Wildman–Crippen MR) is 77.5 cm³/mol. The molecule has 1 saturated heterocycles. The lowest BCUT2D eigenvalue weighted by Crippen LogP contribution is -2.44. The molecule has 1 aromatic rings. The number of methoxy groups -OCH3 is 1. The summed E-state index contributed by atoms with van der Waals surface area (Å²) < 4.78 is 5.15.